The fourth-order valence-corrected chi connectivity index (χ4v) is 4.85. The smallest absolute Gasteiger partial charge is 0.300 e. The maximum absolute atomic E-state index is 9.00. The van der Waals surface area contributed by atoms with Crippen LogP contribution in [0.4, 0.5) is 0 Å². The van der Waals surface area contributed by atoms with Gasteiger partial charge in [0.2, 0.25) is 0 Å². The molecule has 0 spiro atoms. The second-order valence-electron chi connectivity index (χ2n) is 6.05. The number of carbonyl (C=O) groups is 2. The molecule has 0 amide bonds. The van der Waals surface area contributed by atoms with E-state index >= 15 is 0 Å². The molecule has 0 saturated carbocycles. The molecule has 1 aromatic rings. The van der Waals surface area contributed by atoms with Crippen molar-refractivity contribution in [3.63, 3.8) is 0 Å². The van der Waals surface area contributed by atoms with Crippen LogP contribution in [0.1, 0.15) is 25.8 Å². The SMILES string of the molecule is CC(=O)O.CC(=O)O.C[Si](C=CCO)(C=CCO)CCCc1ccccc1. The molecule has 6 nitrogen and oxygen atoms in total. The maximum atomic E-state index is 9.00. The largest absolute Gasteiger partial charge is 0.481 e. The zero-order valence-corrected chi connectivity index (χ0v) is 17.3. The van der Waals surface area contributed by atoms with E-state index in [1.807, 2.05) is 18.2 Å². The van der Waals surface area contributed by atoms with Crippen LogP contribution in [-0.4, -0.2) is 53.7 Å². The summed E-state index contributed by atoms with van der Waals surface area (Å²) in [5.41, 5.74) is 5.69. The second-order valence-corrected chi connectivity index (χ2v) is 10.2. The highest BCUT2D eigenvalue weighted by Gasteiger charge is 2.19. The minimum atomic E-state index is -1.63. The number of rotatable bonds is 8. The Bertz CT molecular complexity index is 535. The first-order chi connectivity index (χ1) is 12.7. The minimum Gasteiger partial charge on any atom is -0.481 e. The third kappa shape index (κ3) is 21.7. The molecule has 0 unspecified atom stereocenters. The van der Waals surface area contributed by atoms with E-state index in [1.165, 1.54) is 5.56 Å². The van der Waals surface area contributed by atoms with Gasteiger partial charge in [-0.3, -0.25) is 9.59 Å². The number of carboxylic acid groups (broad SMARTS) is 2. The highest BCUT2D eigenvalue weighted by atomic mass is 28.3. The molecule has 0 aromatic heterocycles. The first-order valence-electron chi connectivity index (χ1n) is 8.67. The molecule has 0 saturated heterocycles. The van der Waals surface area contributed by atoms with Crippen molar-refractivity contribution in [2.24, 2.45) is 0 Å². The van der Waals surface area contributed by atoms with Crippen molar-refractivity contribution in [2.45, 2.75) is 39.3 Å². The van der Waals surface area contributed by atoms with Gasteiger partial charge in [0.25, 0.3) is 11.9 Å². The van der Waals surface area contributed by atoms with Crippen molar-refractivity contribution in [1.82, 2.24) is 0 Å². The summed E-state index contributed by atoms with van der Waals surface area (Å²) in [5.74, 6) is -1.67. The topological polar surface area (TPSA) is 115 Å². The standard InChI is InChI=1S/C16H24O2Si.2C2H4O2/c1-19(14-6-11-17,15-7-12-18)13-5-10-16-8-3-2-4-9-16;2*1-2(3)4/h2-4,6-9,14-15,17-18H,5,10-13H2,1H3;2*1H3,(H,3,4). The first kappa shape index (κ1) is 27.0. The van der Waals surface area contributed by atoms with Crippen molar-refractivity contribution in [1.29, 1.82) is 0 Å². The molecule has 0 atom stereocenters. The lowest BCUT2D eigenvalue weighted by molar-refractivity contribution is -0.135. The summed E-state index contributed by atoms with van der Waals surface area (Å²) in [6, 6.07) is 11.6. The van der Waals surface area contributed by atoms with E-state index in [0.29, 0.717) is 0 Å². The van der Waals surface area contributed by atoms with Gasteiger partial charge >= 0.3 is 0 Å². The normalized spacial score (nSPS) is 12.5. The highest BCUT2D eigenvalue weighted by molar-refractivity contribution is 6.87. The Kier molecular flexibility index (Phi) is 17.2. The van der Waals surface area contributed by atoms with Gasteiger partial charge in [-0.25, -0.2) is 0 Å². The molecule has 4 N–H and O–H groups in total. The summed E-state index contributed by atoms with van der Waals surface area (Å²) in [6.07, 6.45) is 5.88. The zero-order valence-electron chi connectivity index (χ0n) is 16.3. The van der Waals surface area contributed by atoms with Gasteiger partial charge in [0, 0.05) is 13.8 Å². The number of aliphatic carboxylic acids is 2. The third-order valence-electron chi connectivity index (χ3n) is 3.23. The van der Waals surface area contributed by atoms with E-state index in [1.54, 1.807) is 0 Å². The van der Waals surface area contributed by atoms with Crippen LogP contribution in [0.2, 0.25) is 12.6 Å². The summed E-state index contributed by atoms with van der Waals surface area (Å²) >= 11 is 0. The van der Waals surface area contributed by atoms with Crippen LogP contribution in [0.15, 0.2) is 53.9 Å². The lowest BCUT2D eigenvalue weighted by Gasteiger charge is -2.19. The molecule has 0 radical (unpaired) electrons. The molecular weight excluding hydrogens is 364 g/mol. The number of benzene rings is 1. The highest BCUT2D eigenvalue weighted by Crippen LogP contribution is 2.18. The maximum Gasteiger partial charge on any atom is 0.300 e. The Labute approximate surface area is 162 Å². The lowest BCUT2D eigenvalue weighted by atomic mass is 10.1. The summed E-state index contributed by atoms with van der Waals surface area (Å²) in [4.78, 5) is 18.0. The molecule has 152 valence electrons. The van der Waals surface area contributed by atoms with Gasteiger partial charge in [-0.1, -0.05) is 72.9 Å². The predicted octanol–water partition coefficient (Wildman–Crippen LogP) is 3.06. The Morgan fingerprint density at radius 3 is 1.70 bits per heavy atom. The van der Waals surface area contributed by atoms with Crippen molar-refractivity contribution in [3.8, 4) is 0 Å². The Hall–Kier alpha value is -2.22. The summed E-state index contributed by atoms with van der Waals surface area (Å²) in [6.45, 7) is 4.61. The van der Waals surface area contributed by atoms with Crippen LogP contribution in [0.25, 0.3) is 0 Å². The van der Waals surface area contributed by atoms with Gasteiger partial charge in [-0.05, 0) is 12.0 Å². The molecular formula is C20H32O6Si. The molecule has 0 aliphatic rings. The average Bonchev–Trinajstić information content (AvgIpc) is 2.58. The van der Waals surface area contributed by atoms with Crippen molar-refractivity contribution in [2.75, 3.05) is 13.2 Å². The van der Waals surface area contributed by atoms with Gasteiger partial charge in [-0.15, -0.1) is 0 Å². The number of aliphatic hydroxyl groups excluding tert-OH is 2. The van der Waals surface area contributed by atoms with Crippen LogP contribution in [0, 0.1) is 0 Å². The first-order valence-corrected chi connectivity index (χ1v) is 11.5. The molecule has 0 heterocycles. The molecule has 0 fully saturated rings. The molecule has 1 rings (SSSR count). The average molecular weight is 397 g/mol. The molecule has 0 aliphatic carbocycles. The molecule has 7 heteroatoms. The second kappa shape index (κ2) is 17.2. The third-order valence-corrected chi connectivity index (χ3v) is 6.66. The fourth-order valence-electron chi connectivity index (χ4n) is 2.18. The monoisotopic (exact) mass is 396 g/mol. The van der Waals surface area contributed by atoms with Crippen molar-refractivity contribution >= 4 is 20.0 Å². The van der Waals surface area contributed by atoms with Gasteiger partial charge in [-0.2, -0.15) is 0 Å². The van der Waals surface area contributed by atoms with Gasteiger partial charge < -0.3 is 20.4 Å². The van der Waals surface area contributed by atoms with Crippen LogP contribution >= 0.6 is 0 Å². The minimum absolute atomic E-state index is 0.0915. The van der Waals surface area contributed by atoms with E-state index in [0.717, 1.165) is 32.7 Å². The van der Waals surface area contributed by atoms with Crippen LogP contribution in [0.3, 0.4) is 0 Å². The quantitative estimate of drug-likeness (QED) is 0.502. The fraction of sp³-hybridized carbons (Fsp3) is 0.400. The predicted molar refractivity (Wildman–Crippen MR) is 110 cm³/mol. The van der Waals surface area contributed by atoms with E-state index < -0.39 is 20.0 Å². The Morgan fingerprint density at radius 1 is 0.926 bits per heavy atom. The summed E-state index contributed by atoms with van der Waals surface area (Å²) < 4.78 is 0. The Morgan fingerprint density at radius 2 is 1.33 bits per heavy atom. The number of hydrogen-bond acceptors (Lipinski definition) is 4. The van der Waals surface area contributed by atoms with Gasteiger partial charge in [0.15, 0.2) is 0 Å². The summed E-state index contributed by atoms with van der Waals surface area (Å²) in [7, 11) is -1.63. The molecule has 0 aliphatic heterocycles. The number of hydrogen-bond donors (Lipinski definition) is 4. The number of carboxylic acids is 2. The lowest BCUT2D eigenvalue weighted by Crippen LogP contribution is -2.25. The molecule has 0 bridgehead atoms. The molecule has 1 aromatic carbocycles. The van der Waals surface area contributed by atoms with E-state index in [2.05, 4.69) is 42.2 Å². The van der Waals surface area contributed by atoms with Crippen molar-refractivity contribution in [3.05, 3.63) is 59.4 Å². The van der Waals surface area contributed by atoms with E-state index in [9.17, 15) is 0 Å². The molecule has 27 heavy (non-hydrogen) atoms. The summed E-state index contributed by atoms with van der Waals surface area (Å²) in [5, 5.41) is 32.7. The van der Waals surface area contributed by atoms with Gasteiger partial charge in [0.1, 0.15) is 0 Å². The van der Waals surface area contributed by atoms with Gasteiger partial charge in [0.05, 0.1) is 21.3 Å². The number of aliphatic hydroxyl groups is 2. The van der Waals surface area contributed by atoms with E-state index in [4.69, 9.17) is 30.0 Å². The van der Waals surface area contributed by atoms with Crippen LogP contribution in [-0.2, 0) is 16.0 Å². The Balaban J connectivity index is 0. The number of aryl methyl sites for hydroxylation is 1. The van der Waals surface area contributed by atoms with E-state index in [-0.39, 0.29) is 13.2 Å². The van der Waals surface area contributed by atoms with Crippen LogP contribution in [0.5, 0.6) is 0 Å². The van der Waals surface area contributed by atoms with Crippen molar-refractivity contribution < 1.29 is 30.0 Å². The van der Waals surface area contributed by atoms with Crippen LogP contribution < -0.4 is 0 Å². The zero-order chi connectivity index (χ0) is 21.1.